The third-order valence-electron chi connectivity index (χ3n) is 6.42. The molecule has 0 atom stereocenters. The fourth-order valence-electron chi connectivity index (χ4n) is 4.59. The molecule has 2 aliphatic rings. The minimum absolute atomic E-state index is 0.0425. The van der Waals surface area contributed by atoms with Gasteiger partial charge in [0.25, 0.3) is 0 Å². The van der Waals surface area contributed by atoms with Crippen LogP contribution >= 0.6 is 0 Å². The maximum absolute atomic E-state index is 12.1. The van der Waals surface area contributed by atoms with Crippen molar-refractivity contribution in [2.75, 3.05) is 61.2 Å². The Balaban J connectivity index is 1.30. The molecule has 188 valence electrons. The van der Waals surface area contributed by atoms with Crippen molar-refractivity contribution in [2.45, 2.75) is 26.8 Å². The van der Waals surface area contributed by atoms with E-state index in [1.165, 1.54) is 0 Å². The number of aryl methyl sites for hydroxylation is 1. The molecule has 0 radical (unpaired) electrons. The third-order valence-corrected chi connectivity index (χ3v) is 6.42. The van der Waals surface area contributed by atoms with E-state index in [4.69, 9.17) is 9.72 Å². The van der Waals surface area contributed by atoms with E-state index < -0.39 is 0 Å². The number of amides is 1. The van der Waals surface area contributed by atoms with Crippen LogP contribution < -0.4 is 25.6 Å². The van der Waals surface area contributed by atoms with E-state index in [1.54, 1.807) is 0 Å². The smallest absolute Gasteiger partial charge is 0.238 e. The number of anilines is 5. The SMILES string of the molecule is Cc1cc(Nc2ncc3c(n2)CN(c2cnc4c(c2C)NCCO4)CC3)ccc1NC(=O)CN(C)C. The molecule has 0 fully saturated rings. The number of nitrogens with one attached hydrogen (secondary N) is 3. The Hall–Kier alpha value is -3.92. The number of nitrogens with zero attached hydrogens (tertiary/aromatic N) is 5. The van der Waals surface area contributed by atoms with Crippen LogP contribution in [-0.2, 0) is 17.8 Å². The van der Waals surface area contributed by atoms with Crippen LogP contribution in [0.5, 0.6) is 5.88 Å². The van der Waals surface area contributed by atoms with Gasteiger partial charge in [0.15, 0.2) is 0 Å². The van der Waals surface area contributed by atoms with Gasteiger partial charge < -0.3 is 30.5 Å². The molecule has 0 bridgehead atoms. The number of benzene rings is 1. The molecule has 2 aromatic heterocycles. The maximum atomic E-state index is 12.1. The van der Waals surface area contributed by atoms with Gasteiger partial charge in [-0.1, -0.05) is 0 Å². The van der Waals surface area contributed by atoms with Crippen molar-refractivity contribution in [1.82, 2.24) is 19.9 Å². The number of ether oxygens (including phenoxy) is 1. The summed E-state index contributed by atoms with van der Waals surface area (Å²) < 4.78 is 5.68. The highest BCUT2D eigenvalue weighted by atomic mass is 16.5. The van der Waals surface area contributed by atoms with E-state index in [2.05, 4.69) is 37.7 Å². The van der Waals surface area contributed by atoms with Crippen molar-refractivity contribution in [3.8, 4) is 5.88 Å². The highest BCUT2D eigenvalue weighted by molar-refractivity contribution is 5.93. The fourth-order valence-corrected chi connectivity index (χ4v) is 4.59. The van der Waals surface area contributed by atoms with Crippen LogP contribution in [0.4, 0.5) is 28.7 Å². The standard InChI is InChI=1S/C26H32N8O2/c1-16-11-19(5-6-20(16)31-23(35)15-33(3)4)30-26-29-12-18-7-9-34(14-21(18)32-26)22-13-28-25-24(17(22)2)27-8-10-36-25/h5-6,11-13,27H,7-10,14-15H2,1-4H3,(H,31,35)(H,29,30,32). The van der Waals surface area contributed by atoms with Crippen molar-refractivity contribution in [1.29, 1.82) is 0 Å². The Morgan fingerprint density at radius 3 is 2.89 bits per heavy atom. The number of carbonyl (C=O) groups excluding carboxylic acids is 1. The van der Waals surface area contributed by atoms with Gasteiger partial charge in [-0.25, -0.2) is 15.0 Å². The van der Waals surface area contributed by atoms with E-state index in [0.29, 0.717) is 31.5 Å². The van der Waals surface area contributed by atoms with Crippen molar-refractivity contribution < 1.29 is 9.53 Å². The zero-order valence-electron chi connectivity index (χ0n) is 21.2. The van der Waals surface area contributed by atoms with Crippen LogP contribution in [0.3, 0.4) is 0 Å². The van der Waals surface area contributed by atoms with Gasteiger partial charge in [-0.2, -0.15) is 0 Å². The first-order valence-electron chi connectivity index (χ1n) is 12.2. The summed E-state index contributed by atoms with van der Waals surface area (Å²) >= 11 is 0. The van der Waals surface area contributed by atoms with Crippen LogP contribution in [-0.4, -0.2) is 66.1 Å². The largest absolute Gasteiger partial charge is 0.474 e. The second-order valence-corrected chi connectivity index (χ2v) is 9.50. The molecule has 0 aliphatic carbocycles. The molecular formula is C26H32N8O2. The van der Waals surface area contributed by atoms with Gasteiger partial charge in [-0.3, -0.25) is 4.79 Å². The number of pyridine rings is 1. The number of likely N-dealkylation sites (N-methyl/N-ethyl adjacent to an activating group) is 1. The van der Waals surface area contributed by atoms with Gasteiger partial charge in [0.2, 0.25) is 17.7 Å². The summed E-state index contributed by atoms with van der Waals surface area (Å²) in [7, 11) is 3.74. The number of fused-ring (bicyclic) bond motifs is 2. The first-order chi connectivity index (χ1) is 17.4. The van der Waals surface area contributed by atoms with Crippen LogP contribution in [0.1, 0.15) is 22.4 Å². The Morgan fingerprint density at radius 2 is 2.08 bits per heavy atom. The average Bonchev–Trinajstić information content (AvgIpc) is 2.85. The Bertz CT molecular complexity index is 1290. The molecule has 10 heteroatoms. The second kappa shape index (κ2) is 9.98. The number of hydrogen-bond donors (Lipinski definition) is 3. The molecule has 0 unspecified atom stereocenters. The highest BCUT2D eigenvalue weighted by Gasteiger charge is 2.24. The maximum Gasteiger partial charge on any atom is 0.238 e. The molecule has 4 heterocycles. The molecule has 3 aromatic rings. The van der Waals surface area contributed by atoms with Crippen molar-refractivity contribution in [3.05, 3.63) is 53.0 Å². The summed E-state index contributed by atoms with van der Waals surface area (Å²) in [6.07, 6.45) is 4.68. The molecular weight excluding hydrogens is 456 g/mol. The molecule has 0 spiro atoms. The fraction of sp³-hybridized carbons (Fsp3) is 0.385. The van der Waals surface area contributed by atoms with Crippen LogP contribution in [0.2, 0.25) is 0 Å². The highest BCUT2D eigenvalue weighted by Crippen LogP contribution is 2.36. The second-order valence-electron chi connectivity index (χ2n) is 9.50. The molecule has 36 heavy (non-hydrogen) atoms. The van der Waals surface area contributed by atoms with Crippen LogP contribution in [0.15, 0.2) is 30.6 Å². The lowest BCUT2D eigenvalue weighted by Crippen LogP contribution is -2.32. The number of hydrogen-bond acceptors (Lipinski definition) is 9. The number of rotatable bonds is 6. The zero-order valence-corrected chi connectivity index (χ0v) is 21.2. The number of carbonyl (C=O) groups is 1. The van der Waals surface area contributed by atoms with E-state index in [-0.39, 0.29) is 5.91 Å². The lowest BCUT2D eigenvalue weighted by Gasteiger charge is -2.32. The van der Waals surface area contributed by atoms with Gasteiger partial charge in [0.1, 0.15) is 12.3 Å². The van der Waals surface area contributed by atoms with E-state index in [1.807, 2.05) is 56.5 Å². The summed E-state index contributed by atoms with van der Waals surface area (Å²) in [5.74, 6) is 1.18. The minimum atomic E-state index is -0.0425. The average molecular weight is 489 g/mol. The molecule has 1 aromatic carbocycles. The van der Waals surface area contributed by atoms with Crippen molar-refractivity contribution in [3.63, 3.8) is 0 Å². The lowest BCUT2D eigenvalue weighted by atomic mass is 10.0. The predicted octanol–water partition coefficient (Wildman–Crippen LogP) is 3.10. The van der Waals surface area contributed by atoms with E-state index in [0.717, 1.165) is 64.6 Å². The zero-order chi connectivity index (χ0) is 25.2. The van der Waals surface area contributed by atoms with Crippen molar-refractivity contribution >= 4 is 34.6 Å². The first-order valence-corrected chi connectivity index (χ1v) is 12.2. The first kappa shape index (κ1) is 23.8. The van der Waals surface area contributed by atoms with E-state index >= 15 is 0 Å². The van der Waals surface area contributed by atoms with Crippen molar-refractivity contribution in [2.24, 2.45) is 0 Å². The monoisotopic (exact) mass is 488 g/mol. The van der Waals surface area contributed by atoms with E-state index in [9.17, 15) is 4.79 Å². The van der Waals surface area contributed by atoms with Gasteiger partial charge in [0, 0.05) is 36.2 Å². The summed E-state index contributed by atoms with van der Waals surface area (Å²) in [6.45, 7) is 7.40. The number of aromatic nitrogens is 3. The van der Waals surface area contributed by atoms with Gasteiger partial charge >= 0.3 is 0 Å². The van der Waals surface area contributed by atoms with Crippen LogP contribution in [0, 0.1) is 13.8 Å². The van der Waals surface area contributed by atoms with Gasteiger partial charge in [0.05, 0.1) is 30.7 Å². The Labute approximate surface area is 211 Å². The van der Waals surface area contributed by atoms with Crippen LogP contribution in [0.25, 0.3) is 0 Å². The topological polar surface area (TPSA) is 108 Å². The Kier molecular flexibility index (Phi) is 6.60. The minimum Gasteiger partial charge on any atom is -0.474 e. The quantitative estimate of drug-likeness (QED) is 0.482. The molecule has 3 N–H and O–H groups in total. The normalized spacial score (nSPS) is 14.4. The molecule has 0 saturated heterocycles. The summed E-state index contributed by atoms with van der Waals surface area (Å²) in [4.78, 5) is 30.2. The van der Waals surface area contributed by atoms with Gasteiger partial charge in [-0.15, -0.1) is 0 Å². The molecule has 5 rings (SSSR count). The molecule has 2 aliphatic heterocycles. The lowest BCUT2D eigenvalue weighted by molar-refractivity contribution is -0.116. The Morgan fingerprint density at radius 1 is 1.22 bits per heavy atom. The summed E-state index contributed by atoms with van der Waals surface area (Å²) in [6, 6.07) is 5.80. The predicted molar refractivity (Wildman–Crippen MR) is 141 cm³/mol. The molecule has 1 amide bonds. The molecule has 10 nitrogen and oxygen atoms in total. The molecule has 0 saturated carbocycles. The van der Waals surface area contributed by atoms with Gasteiger partial charge in [-0.05, 0) is 63.7 Å². The summed E-state index contributed by atoms with van der Waals surface area (Å²) in [5, 5.41) is 9.69. The summed E-state index contributed by atoms with van der Waals surface area (Å²) in [5.41, 5.74) is 8.00. The third kappa shape index (κ3) is 5.03.